The summed E-state index contributed by atoms with van der Waals surface area (Å²) in [5.74, 6) is -1.07. The molecule has 5 nitrogen and oxygen atoms in total. The van der Waals surface area contributed by atoms with Crippen LogP contribution in [0.2, 0.25) is 0 Å². The molecule has 1 heterocycles. The van der Waals surface area contributed by atoms with Gasteiger partial charge in [-0.1, -0.05) is 12.1 Å². The maximum atomic E-state index is 13.3. The summed E-state index contributed by atoms with van der Waals surface area (Å²) in [6.45, 7) is -0.0721. The van der Waals surface area contributed by atoms with Gasteiger partial charge in [-0.3, -0.25) is 4.31 Å². The molecule has 0 aliphatic carbocycles. The van der Waals surface area contributed by atoms with Crippen molar-refractivity contribution in [2.45, 2.75) is 6.54 Å². The highest BCUT2D eigenvalue weighted by atomic mass is 32.2. The predicted octanol–water partition coefficient (Wildman–Crippen LogP) is 2.64. The van der Waals surface area contributed by atoms with Gasteiger partial charge >= 0.3 is 5.97 Å². The lowest BCUT2D eigenvalue weighted by molar-refractivity contribution is 0.0607. The molecule has 2 rings (SSSR count). The van der Waals surface area contributed by atoms with E-state index in [2.05, 4.69) is 4.74 Å². The van der Waals surface area contributed by atoms with Gasteiger partial charge in [0.2, 0.25) is 10.0 Å². The molecule has 0 N–H and O–H groups in total. The van der Waals surface area contributed by atoms with E-state index in [4.69, 9.17) is 0 Å². The second kappa shape index (κ2) is 6.45. The lowest BCUT2D eigenvalue weighted by Crippen LogP contribution is -2.30. The molecular weight excluding hydrogens is 329 g/mol. The highest BCUT2D eigenvalue weighted by molar-refractivity contribution is 7.92. The van der Waals surface area contributed by atoms with Gasteiger partial charge in [-0.05, 0) is 29.1 Å². The van der Waals surface area contributed by atoms with Crippen LogP contribution in [-0.4, -0.2) is 27.8 Å². The number of hydrogen-bond acceptors (Lipinski definition) is 5. The van der Waals surface area contributed by atoms with E-state index in [-0.39, 0.29) is 17.1 Å². The quantitative estimate of drug-likeness (QED) is 0.783. The number of methoxy groups -OCH3 is 1. The molecule has 8 heteroatoms. The topological polar surface area (TPSA) is 63.7 Å². The van der Waals surface area contributed by atoms with Gasteiger partial charge in [-0.2, -0.15) is 0 Å². The van der Waals surface area contributed by atoms with Crippen LogP contribution in [0.3, 0.4) is 0 Å². The highest BCUT2D eigenvalue weighted by Crippen LogP contribution is 2.30. The van der Waals surface area contributed by atoms with E-state index in [0.717, 1.165) is 21.9 Å². The van der Waals surface area contributed by atoms with Crippen LogP contribution >= 0.6 is 11.3 Å². The molecule has 0 amide bonds. The maximum absolute atomic E-state index is 13.3. The van der Waals surface area contributed by atoms with Crippen molar-refractivity contribution in [2.75, 3.05) is 17.7 Å². The number of carbonyl (C=O) groups excluding carboxylic acids is 1. The van der Waals surface area contributed by atoms with Crippen LogP contribution in [0.4, 0.5) is 10.1 Å². The Kier molecular flexibility index (Phi) is 4.82. The van der Waals surface area contributed by atoms with E-state index in [1.807, 2.05) is 0 Å². The average molecular weight is 343 g/mol. The summed E-state index contributed by atoms with van der Waals surface area (Å²) >= 11 is 1.09. The molecule has 22 heavy (non-hydrogen) atoms. The molecule has 0 aliphatic heterocycles. The van der Waals surface area contributed by atoms with Gasteiger partial charge in [0, 0.05) is 0 Å². The molecule has 1 aromatic heterocycles. The third kappa shape index (κ3) is 3.63. The van der Waals surface area contributed by atoms with Crippen LogP contribution < -0.4 is 4.31 Å². The van der Waals surface area contributed by atoms with Gasteiger partial charge in [0.25, 0.3) is 0 Å². The molecule has 0 saturated carbocycles. The summed E-state index contributed by atoms with van der Waals surface area (Å²) in [5, 5.41) is 1.60. The lowest BCUT2D eigenvalue weighted by Gasteiger charge is -2.22. The van der Waals surface area contributed by atoms with Gasteiger partial charge in [0.1, 0.15) is 10.7 Å². The largest absolute Gasteiger partial charge is 0.465 e. The van der Waals surface area contributed by atoms with Crippen molar-refractivity contribution in [1.29, 1.82) is 0 Å². The Morgan fingerprint density at radius 2 is 2.09 bits per heavy atom. The molecule has 2 aromatic rings. The monoisotopic (exact) mass is 343 g/mol. The van der Waals surface area contributed by atoms with Gasteiger partial charge in [-0.15, -0.1) is 11.3 Å². The van der Waals surface area contributed by atoms with Crippen molar-refractivity contribution in [3.05, 3.63) is 52.0 Å². The van der Waals surface area contributed by atoms with E-state index < -0.39 is 21.8 Å². The number of carbonyl (C=O) groups is 1. The zero-order valence-corrected chi connectivity index (χ0v) is 13.6. The molecule has 1 aromatic carbocycles. The fourth-order valence-corrected chi connectivity index (χ4v) is 3.69. The van der Waals surface area contributed by atoms with E-state index in [9.17, 15) is 17.6 Å². The Morgan fingerprint density at radius 1 is 1.36 bits per heavy atom. The van der Waals surface area contributed by atoms with Crippen LogP contribution in [0, 0.1) is 5.82 Å². The first-order valence-electron chi connectivity index (χ1n) is 6.21. The standard InChI is InChI=1S/C14H14FNO4S2/c1-20-14(17)13-12(6-7-21-13)16(22(2,18)19)9-10-4-3-5-11(15)8-10/h3-8H,9H2,1-2H3. The number of halogens is 1. The summed E-state index contributed by atoms with van der Waals surface area (Å²) < 4.78 is 43.1. The van der Waals surface area contributed by atoms with Gasteiger partial charge in [-0.25, -0.2) is 17.6 Å². The molecule has 0 bridgehead atoms. The summed E-state index contributed by atoms with van der Waals surface area (Å²) in [6.07, 6.45) is 1.03. The first-order chi connectivity index (χ1) is 10.3. The minimum absolute atomic E-state index is 0.0721. The average Bonchev–Trinajstić information content (AvgIpc) is 2.91. The number of rotatable bonds is 5. The molecule has 0 unspecified atom stereocenters. The molecule has 118 valence electrons. The molecular formula is C14H14FNO4S2. The third-order valence-electron chi connectivity index (χ3n) is 2.90. The number of benzene rings is 1. The summed E-state index contributed by atoms with van der Waals surface area (Å²) in [6, 6.07) is 7.17. The van der Waals surface area contributed by atoms with Crippen LogP contribution in [0.25, 0.3) is 0 Å². The molecule has 0 spiro atoms. The zero-order chi connectivity index (χ0) is 16.3. The molecule has 0 atom stereocenters. The van der Waals surface area contributed by atoms with Crippen molar-refractivity contribution in [3.8, 4) is 0 Å². The zero-order valence-electron chi connectivity index (χ0n) is 11.9. The Bertz CT molecular complexity index is 786. The van der Waals surface area contributed by atoms with E-state index in [0.29, 0.717) is 5.56 Å². The summed E-state index contributed by atoms with van der Waals surface area (Å²) in [4.78, 5) is 11.9. The maximum Gasteiger partial charge on any atom is 0.350 e. The molecule has 0 fully saturated rings. The molecule has 0 saturated heterocycles. The van der Waals surface area contributed by atoms with Gasteiger partial charge in [0.05, 0.1) is 25.6 Å². The SMILES string of the molecule is COC(=O)c1sccc1N(Cc1cccc(F)c1)S(C)(=O)=O. The fourth-order valence-electron chi connectivity index (χ4n) is 1.93. The summed E-state index contributed by atoms with van der Waals surface area (Å²) in [5.41, 5.74) is 0.705. The van der Waals surface area contributed by atoms with Crippen LogP contribution in [-0.2, 0) is 21.3 Å². The fraction of sp³-hybridized carbons (Fsp3) is 0.214. The van der Waals surface area contributed by atoms with Crippen molar-refractivity contribution < 1.29 is 22.3 Å². The molecule has 0 aliphatic rings. The highest BCUT2D eigenvalue weighted by Gasteiger charge is 2.25. The van der Waals surface area contributed by atoms with E-state index in [1.54, 1.807) is 11.4 Å². The lowest BCUT2D eigenvalue weighted by atomic mass is 10.2. The number of hydrogen-bond donors (Lipinski definition) is 0. The van der Waals surface area contributed by atoms with E-state index in [1.165, 1.54) is 31.4 Å². The van der Waals surface area contributed by atoms with Crippen LogP contribution in [0.15, 0.2) is 35.7 Å². The Hall–Kier alpha value is -1.93. The van der Waals surface area contributed by atoms with E-state index >= 15 is 0 Å². The number of nitrogens with zero attached hydrogens (tertiary/aromatic N) is 1. The smallest absolute Gasteiger partial charge is 0.350 e. The van der Waals surface area contributed by atoms with Crippen molar-refractivity contribution in [2.24, 2.45) is 0 Å². The number of thiophene rings is 1. The second-order valence-corrected chi connectivity index (χ2v) is 7.35. The number of sulfonamides is 1. The summed E-state index contributed by atoms with van der Waals surface area (Å²) in [7, 11) is -2.43. The minimum Gasteiger partial charge on any atom is -0.465 e. The number of esters is 1. The first-order valence-corrected chi connectivity index (χ1v) is 8.93. The number of ether oxygens (including phenoxy) is 1. The Balaban J connectivity index is 2.45. The van der Waals surface area contributed by atoms with Crippen molar-refractivity contribution in [1.82, 2.24) is 0 Å². The van der Waals surface area contributed by atoms with Gasteiger partial charge < -0.3 is 4.74 Å². The first kappa shape index (κ1) is 16.4. The number of anilines is 1. The van der Waals surface area contributed by atoms with Crippen molar-refractivity contribution >= 4 is 33.0 Å². The second-order valence-electron chi connectivity index (χ2n) is 4.53. The normalized spacial score (nSPS) is 11.2. The minimum atomic E-state index is -3.65. The van der Waals surface area contributed by atoms with Gasteiger partial charge in [0.15, 0.2) is 0 Å². The van der Waals surface area contributed by atoms with Crippen molar-refractivity contribution in [3.63, 3.8) is 0 Å². The van der Waals surface area contributed by atoms with Crippen LogP contribution in [0.5, 0.6) is 0 Å². The van der Waals surface area contributed by atoms with Crippen LogP contribution in [0.1, 0.15) is 15.2 Å². The molecule has 0 radical (unpaired) electrons. The predicted molar refractivity (Wildman–Crippen MR) is 83.1 cm³/mol. The Labute approximate surface area is 132 Å². The third-order valence-corrected chi connectivity index (χ3v) is 4.91. The Morgan fingerprint density at radius 3 is 2.68 bits per heavy atom.